The third kappa shape index (κ3) is 8.82. The van der Waals surface area contributed by atoms with Crippen LogP contribution in [-0.2, 0) is 0 Å². The molecule has 0 aromatic heterocycles. The quantitative estimate of drug-likeness (QED) is 0.282. The zero-order valence-electron chi connectivity index (χ0n) is 2.00. The van der Waals surface area contributed by atoms with E-state index in [1.165, 1.54) is 10.1 Å². The van der Waals surface area contributed by atoms with E-state index in [0.29, 0.717) is 0 Å². The van der Waals surface area contributed by atoms with Crippen LogP contribution in [0, 0.1) is 0 Å². The molecule has 0 unspecified atom stereocenters. The van der Waals surface area contributed by atoms with Gasteiger partial charge in [0.2, 0.25) is 0 Å². The summed E-state index contributed by atoms with van der Waals surface area (Å²) in [6.07, 6.45) is 0. The summed E-state index contributed by atoms with van der Waals surface area (Å²) in [6.45, 7) is 0. The predicted octanol–water partition coefficient (Wildman–Crippen LogP) is -3.66. The molecule has 0 radical (unpaired) electrons. The van der Waals surface area contributed by atoms with Gasteiger partial charge in [-0.15, -0.1) is 0 Å². The topological polar surface area (TPSA) is 0 Å². The number of hydrogen-bond donors (Lipinski definition) is 0. The van der Waals surface area contributed by atoms with Gasteiger partial charge in [-0.05, 0) is 10.1 Å². The maximum atomic E-state index is 2.14. The van der Waals surface area contributed by atoms with Gasteiger partial charge in [0.25, 0.3) is 0 Å². The molecule has 0 amide bonds. The molecular weight excluding hydrogens is 102 g/mol. The van der Waals surface area contributed by atoms with Gasteiger partial charge in [0.15, 0.2) is 0 Å². The van der Waals surface area contributed by atoms with Crippen LogP contribution in [0.3, 0.4) is 0 Å². The van der Waals surface area contributed by atoms with E-state index in [1.807, 2.05) is 0 Å². The second-order valence-corrected chi connectivity index (χ2v) is 0. The molecule has 0 spiro atoms. The Morgan fingerprint density at radius 3 is 1.25 bits per heavy atom. The zero-order valence-corrected chi connectivity index (χ0v) is 4.00. The van der Waals surface area contributed by atoms with Gasteiger partial charge in [0.05, 0.1) is 7.44 Å². The van der Waals surface area contributed by atoms with Gasteiger partial charge < -0.3 is 0 Å². The monoisotopic (exact) mass is 110 g/mol. The standard InChI is InChI=1S/BH5Si.Ca.Na.3H/c1-2;;;;;/h1H2,2H3;;;;;. The average molecular weight is 110 g/mol. The molecule has 0 aliphatic heterocycles. The van der Waals surface area contributed by atoms with Gasteiger partial charge in [0, 0.05) is 0 Å². The van der Waals surface area contributed by atoms with Crippen molar-refractivity contribution in [2.24, 2.45) is 0 Å². The van der Waals surface area contributed by atoms with Gasteiger partial charge in [-0.25, -0.2) is 0 Å². The average Bonchev–Trinajstić information content (AvgIpc) is 1.00. The molecule has 0 rings (SSSR count). The van der Waals surface area contributed by atoms with Crippen LogP contribution in [0.25, 0.3) is 0 Å². The van der Waals surface area contributed by atoms with Crippen molar-refractivity contribution in [1.29, 1.82) is 0 Å². The molecule has 0 bridgehead atoms. The number of hydrogen-bond acceptors (Lipinski definition) is 0. The Labute approximate surface area is 83.2 Å². The van der Waals surface area contributed by atoms with Crippen molar-refractivity contribution >= 4 is 84.8 Å². The van der Waals surface area contributed by atoms with Crippen molar-refractivity contribution in [3.8, 4) is 0 Å². The van der Waals surface area contributed by atoms with Crippen molar-refractivity contribution in [3.05, 3.63) is 0 Å². The molecule has 0 aliphatic rings. The maximum absolute atomic E-state index is 2.14. The van der Waals surface area contributed by atoms with E-state index >= 15 is 0 Å². The van der Waals surface area contributed by atoms with Crippen LogP contribution in [0.1, 0.15) is 0 Å². The minimum absolute atomic E-state index is 0. The Kier molecular flexibility index (Phi) is 70.8. The van der Waals surface area contributed by atoms with Gasteiger partial charge >= 0.3 is 67.3 Å². The molecular formula is H8BCaNaSi. The Morgan fingerprint density at radius 2 is 1.25 bits per heavy atom. The molecule has 18 valence electrons. The van der Waals surface area contributed by atoms with E-state index < -0.39 is 0 Å². The molecule has 0 aromatic carbocycles. The van der Waals surface area contributed by atoms with Crippen LogP contribution in [0.2, 0.25) is 0 Å². The molecule has 0 fully saturated rings. The van der Waals surface area contributed by atoms with Crippen molar-refractivity contribution in [2.45, 2.75) is 0 Å². The van der Waals surface area contributed by atoms with E-state index in [-0.39, 0.29) is 67.3 Å². The summed E-state index contributed by atoms with van der Waals surface area (Å²) in [5.41, 5.74) is 0. The van der Waals surface area contributed by atoms with Crippen molar-refractivity contribution in [3.63, 3.8) is 0 Å². The molecule has 0 aliphatic carbocycles. The van der Waals surface area contributed by atoms with E-state index in [4.69, 9.17) is 0 Å². The summed E-state index contributed by atoms with van der Waals surface area (Å²) in [7, 11) is 3.44. The summed E-state index contributed by atoms with van der Waals surface area (Å²) in [5, 5.41) is 0. The normalized spacial score (nSPS) is 2.00. The first kappa shape index (κ1) is 16.0. The fourth-order valence-electron chi connectivity index (χ4n) is 0. The summed E-state index contributed by atoms with van der Waals surface area (Å²) < 4.78 is 0. The third-order valence-corrected chi connectivity index (χ3v) is 0. The van der Waals surface area contributed by atoms with Crippen molar-refractivity contribution < 1.29 is 0 Å². The third-order valence-electron chi connectivity index (χ3n) is 0. The second-order valence-electron chi connectivity index (χ2n) is 0. The van der Waals surface area contributed by atoms with Crippen LogP contribution in [0.15, 0.2) is 0 Å². The van der Waals surface area contributed by atoms with Gasteiger partial charge in [0.1, 0.15) is 0 Å². The molecule has 0 N–H and O–H groups in total. The summed E-state index contributed by atoms with van der Waals surface area (Å²) in [4.78, 5) is 0. The fourth-order valence-corrected chi connectivity index (χ4v) is 0. The molecule has 0 atom stereocenters. The van der Waals surface area contributed by atoms with E-state index in [0.717, 1.165) is 0 Å². The number of rotatable bonds is 0. The zero-order chi connectivity index (χ0) is 2.00. The first-order valence-electron chi connectivity index (χ1n) is 1.00. The molecule has 0 heterocycles. The SMILES string of the molecule is B[SiH3].[CaH2].[NaH]. The Balaban J connectivity index is -0.00000000500. The molecule has 0 saturated heterocycles. The molecule has 0 saturated carbocycles. The Morgan fingerprint density at radius 1 is 1.25 bits per heavy atom. The first-order chi connectivity index (χ1) is 1.00. The van der Waals surface area contributed by atoms with E-state index in [9.17, 15) is 0 Å². The van der Waals surface area contributed by atoms with Crippen LogP contribution in [-0.4, -0.2) is 84.8 Å². The summed E-state index contributed by atoms with van der Waals surface area (Å²) in [5.74, 6) is 0. The van der Waals surface area contributed by atoms with E-state index in [1.54, 1.807) is 0 Å². The second kappa shape index (κ2) is 17.7. The summed E-state index contributed by atoms with van der Waals surface area (Å²) >= 11 is 0. The van der Waals surface area contributed by atoms with Crippen LogP contribution in [0.5, 0.6) is 0 Å². The Bertz CT molecular complexity index is 8.00. The minimum atomic E-state index is 0. The molecule has 0 aromatic rings. The van der Waals surface area contributed by atoms with Crippen LogP contribution >= 0.6 is 0 Å². The van der Waals surface area contributed by atoms with E-state index in [2.05, 4.69) is 7.44 Å². The van der Waals surface area contributed by atoms with Gasteiger partial charge in [-0.2, -0.15) is 0 Å². The van der Waals surface area contributed by atoms with Crippen LogP contribution < -0.4 is 0 Å². The first-order valence-corrected chi connectivity index (χ1v) is 3.00. The fraction of sp³-hybridized carbons (Fsp3) is 0. The molecule has 4 heavy (non-hydrogen) atoms. The van der Waals surface area contributed by atoms with Gasteiger partial charge in [-0.3, -0.25) is 0 Å². The predicted molar refractivity (Wildman–Crippen MR) is 34.2 cm³/mol. The van der Waals surface area contributed by atoms with Crippen molar-refractivity contribution in [1.82, 2.24) is 0 Å². The summed E-state index contributed by atoms with van der Waals surface area (Å²) in [6, 6.07) is 0. The molecule has 4 heteroatoms. The van der Waals surface area contributed by atoms with Crippen molar-refractivity contribution in [2.75, 3.05) is 0 Å². The Hall–Kier alpha value is 2.54. The molecule has 0 nitrogen and oxygen atoms in total. The van der Waals surface area contributed by atoms with Crippen LogP contribution in [0.4, 0.5) is 0 Å². The van der Waals surface area contributed by atoms with Gasteiger partial charge in [-0.1, -0.05) is 0 Å².